The Morgan fingerprint density at radius 2 is 2.00 bits per heavy atom. The van der Waals surface area contributed by atoms with Crippen molar-refractivity contribution in [1.29, 1.82) is 10.5 Å². The van der Waals surface area contributed by atoms with E-state index in [0.29, 0.717) is 16.3 Å². The largest absolute Gasteiger partial charge is 0.493 e. The number of anilines is 1. The number of ether oxygens (including phenoxy) is 2. The molecule has 0 saturated heterocycles. The molecule has 0 aliphatic rings. The molecule has 0 unspecified atom stereocenters. The molecule has 0 aliphatic carbocycles. The molecule has 0 aliphatic heterocycles. The molecule has 0 spiro atoms. The van der Waals surface area contributed by atoms with Crippen LogP contribution in [0.1, 0.15) is 11.1 Å². The molecule has 6 nitrogen and oxygen atoms in total. The average molecular weight is 416 g/mol. The summed E-state index contributed by atoms with van der Waals surface area (Å²) in [5, 5.41) is 21.4. The Balaban J connectivity index is 2.34. The van der Waals surface area contributed by atoms with Gasteiger partial charge in [-0.3, -0.25) is 4.79 Å². The minimum Gasteiger partial charge on any atom is -0.493 e. The number of nitrogens with zero attached hydrogens (tertiary/aromatic N) is 2. The van der Waals surface area contributed by atoms with Crippen LogP contribution in [0.5, 0.6) is 11.5 Å². The van der Waals surface area contributed by atoms with Gasteiger partial charge in [-0.2, -0.15) is 10.5 Å². The van der Waals surface area contributed by atoms with Gasteiger partial charge in [0.05, 0.1) is 12.1 Å². The molecule has 1 N–H and O–H groups in total. The Labute approximate surface area is 172 Å². The number of carbonyl (C=O) groups is 1. The molecule has 28 heavy (non-hydrogen) atoms. The summed E-state index contributed by atoms with van der Waals surface area (Å²) in [5.41, 5.74) is 1.64. The smallest absolute Gasteiger partial charge is 0.266 e. The fraction of sp³-hybridized carbons (Fsp3) is 0.150. The lowest BCUT2D eigenvalue weighted by Gasteiger charge is -2.12. The number of methoxy groups -OCH3 is 1. The van der Waals surface area contributed by atoms with Crippen molar-refractivity contribution < 1.29 is 14.3 Å². The lowest BCUT2D eigenvalue weighted by molar-refractivity contribution is -0.112. The van der Waals surface area contributed by atoms with Crippen molar-refractivity contribution in [3.63, 3.8) is 0 Å². The van der Waals surface area contributed by atoms with Crippen LogP contribution in [0.25, 0.3) is 6.08 Å². The Morgan fingerprint density at radius 3 is 2.64 bits per heavy atom. The molecule has 0 aromatic heterocycles. The second-order valence-corrected chi connectivity index (χ2v) is 6.41. The molecule has 8 heteroatoms. The van der Waals surface area contributed by atoms with Gasteiger partial charge in [-0.1, -0.05) is 29.3 Å². The van der Waals surface area contributed by atoms with E-state index in [1.165, 1.54) is 19.3 Å². The van der Waals surface area contributed by atoms with E-state index in [-0.39, 0.29) is 28.7 Å². The molecule has 0 heterocycles. The maximum atomic E-state index is 12.5. The fourth-order valence-corrected chi connectivity index (χ4v) is 2.75. The first-order chi connectivity index (χ1) is 13.4. The van der Waals surface area contributed by atoms with Gasteiger partial charge in [0.15, 0.2) is 18.1 Å². The van der Waals surface area contributed by atoms with Crippen LogP contribution in [-0.2, 0) is 4.79 Å². The lowest BCUT2D eigenvalue weighted by Crippen LogP contribution is -2.14. The van der Waals surface area contributed by atoms with E-state index in [0.717, 1.165) is 5.56 Å². The van der Waals surface area contributed by atoms with Crippen molar-refractivity contribution in [2.75, 3.05) is 19.0 Å². The Kier molecular flexibility index (Phi) is 7.28. The summed E-state index contributed by atoms with van der Waals surface area (Å²) >= 11 is 12.1. The van der Waals surface area contributed by atoms with Gasteiger partial charge in [-0.05, 0) is 48.4 Å². The van der Waals surface area contributed by atoms with E-state index in [2.05, 4.69) is 5.32 Å². The van der Waals surface area contributed by atoms with Crippen molar-refractivity contribution in [3.05, 3.63) is 57.1 Å². The normalized spacial score (nSPS) is 10.6. The average Bonchev–Trinajstić information content (AvgIpc) is 2.67. The molecule has 0 radical (unpaired) electrons. The summed E-state index contributed by atoms with van der Waals surface area (Å²) in [4.78, 5) is 12.5. The molecule has 0 atom stereocenters. The van der Waals surface area contributed by atoms with Gasteiger partial charge in [-0.25, -0.2) is 0 Å². The molecule has 142 valence electrons. The van der Waals surface area contributed by atoms with Gasteiger partial charge in [-0.15, -0.1) is 0 Å². The van der Waals surface area contributed by atoms with Gasteiger partial charge in [0.25, 0.3) is 5.91 Å². The molecule has 2 aromatic carbocycles. The summed E-state index contributed by atoms with van der Waals surface area (Å²) in [6, 6.07) is 11.8. The third kappa shape index (κ3) is 5.17. The quantitative estimate of drug-likeness (QED) is 0.541. The third-order valence-electron chi connectivity index (χ3n) is 3.66. The monoisotopic (exact) mass is 415 g/mol. The maximum absolute atomic E-state index is 12.5. The van der Waals surface area contributed by atoms with Crippen LogP contribution in [0.15, 0.2) is 35.9 Å². The van der Waals surface area contributed by atoms with E-state index in [9.17, 15) is 10.1 Å². The van der Waals surface area contributed by atoms with Crippen LogP contribution >= 0.6 is 23.2 Å². The predicted molar refractivity (Wildman–Crippen MR) is 108 cm³/mol. The number of nitrogens with one attached hydrogen (secondary N) is 1. The van der Waals surface area contributed by atoms with Gasteiger partial charge in [0.2, 0.25) is 0 Å². The van der Waals surface area contributed by atoms with Crippen LogP contribution in [0, 0.1) is 29.6 Å². The summed E-state index contributed by atoms with van der Waals surface area (Å²) in [5.74, 6) is -0.106. The highest BCUT2D eigenvalue weighted by molar-refractivity contribution is 6.32. The number of carbonyl (C=O) groups excluding carboxylic acids is 1. The molecular formula is C20H15Cl2N3O3. The molecular weight excluding hydrogens is 401 g/mol. The highest BCUT2D eigenvalue weighted by Crippen LogP contribution is 2.37. The summed E-state index contributed by atoms with van der Waals surface area (Å²) in [6.45, 7) is 1.61. The van der Waals surface area contributed by atoms with Crippen LogP contribution in [0.4, 0.5) is 5.69 Å². The number of benzene rings is 2. The Hall–Kier alpha value is -3.19. The number of amides is 1. The fourth-order valence-electron chi connectivity index (χ4n) is 2.30. The number of rotatable bonds is 6. The summed E-state index contributed by atoms with van der Waals surface area (Å²) in [6.07, 6.45) is 1.37. The molecule has 1 amide bonds. The van der Waals surface area contributed by atoms with Crippen molar-refractivity contribution in [1.82, 2.24) is 0 Å². The first kappa shape index (κ1) is 21.1. The van der Waals surface area contributed by atoms with E-state index >= 15 is 0 Å². The molecule has 0 saturated carbocycles. The first-order valence-electron chi connectivity index (χ1n) is 7.96. The number of hydrogen-bond donors (Lipinski definition) is 1. The third-order valence-corrected chi connectivity index (χ3v) is 4.17. The Morgan fingerprint density at radius 1 is 1.25 bits per heavy atom. The first-order valence-corrected chi connectivity index (χ1v) is 8.71. The highest BCUT2D eigenvalue weighted by Gasteiger charge is 2.15. The highest BCUT2D eigenvalue weighted by atomic mass is 35.5. The van der Waals surface area contributed by atoms with E-state index < -0.39 is 5.91 Å². The van der Waals surface area contributed by atoms with Crippen molar-refractivity contribution in [2.24, 2.45) is 0 Å². The second-order valence-electron chi connectivity index (χ2n) is 5.56. The molecule has 2 aromatic rings. The van der Waals surface area contributed by atoms with Gasteiger partial charge >= 0.3 is 0 Å². The van der Waals surface area contributed by atoms with Gasteiger partial charge < -0.3 is 14.8 Å². The lowest BCUT2D eigenvalue weighted by atomic mass is 10.1. The second kappa shape index (κ2) is 9.66. The maximum Gasteiger partial charge on any atom is 0.266 e. The Bertz CT molecular complexity index is 1020. The van der Waals surface area contributed by atoms with E-state index in [1.54, 1.807) is 24.3 Å². The zero-order chi connectivity index (χ0) is 20.7. The van der Waals surface area contributed by atoms with Crippen molar-refractivity contribution in [2.45, 2.75) is 6.92 Å². The minimum atomic E-state index is -0.590. The molecule has 0 fully saturated rings. The minimum absolute atomic E-state index is 0.136. The van der Waals surface area contributed by atoms with Crippen LogP contribution < -0.4 is 14.8 Å². The number of hydrogen-bond acceptors (Lipinski definition) is 5. The van der Waals surface area contributed by atoms with Crippen molar-refractivity contribution >= 4 is 40.9 Å². The van der Waals surface area contributed by atoms with Crippen LogP contribution in [0.2, 0.25) is 10.0 Å². The standard InChI is InChI=1S/C20H15Cl2N3O3/c1-12-3-4-15(21)10-17(12)25-20(26)14(11-24)7-13-8-16(22)19(28-6-5-23)18(9-13)27-2/h3-4,7-10H,6H2,1-2H3,(H,25,26)/b14-7+. The summed E-state index contributed by atoms with van der Waals surface area (Å²) < 4.78 is 10.5. The number of aryl methyl sites for hydroxylation is 1. The van der Waals surface area contributed by atoms with E-state index in [1.807, 2.05) is 19.1 Å². The number of nitriles is 2. The van der Waals surface area contributed by atoms with Crippen molar-refractivity contribution in [3.8, 4) is 23.6 Å². The zero-order valence-corrected chi connectivity index (χ0v) is 16.6. The zero-order valence-electron chi connectivity index (χ0n) is 15.0. The van der Waals surface area contributed by atoms with Crippen LogP contribution in [0.3, 0.4) is 0 Å². The topological polar surface area (TPSA) is 95.1 Å². The predicted octanol–water partition coefficient (Wildman–Crippen LogP) is 4.76. The van der Waals surface area contributed by atoms with Gasteiger partial charge in [0, 0.05) is 10.7 Å². The van der Waals surface area contributed by atoms with Crippen LogP contribution in [-0.4, -0.2) is 19.6 Å². The van der Waals surface area contributed by atoms with E-state index in [4.69, 9.17) is 37.9 Å². The number of halogens is 2. The molecule has 2 rings (SSSR count). The van der Waals surface area contributed by atoms with Gasteiger partial charge in [0.1, 0.15) is 17.7 Å². The summed E-state index contributed by atoms with van der Waals surface area (Å²) in [7, 11) is 1.41. The SMILES string of the molecule is COc1cc(/C=C(\C#N)C(=O)Nc2cc(Cl)ccc2C)cc(Cl)c1OCC#N. The molecule has 0 bridgehead atoms.